The van der Waals surface area contributed by atoms with E-state index >= 15 is 0 Å². The highest BCUT2D eigenvalue weighted by molar-refractivity contribution is 5.87. The normalized spacial score (nSPS) is 49.3. The molecule has 27 heavy (non-hydrogen) atoms. The zero-order chi connectivity index (χ0) is 19.0. The summed E-state index contributed by atoms with van der Waals surface area (Å²) in [5.74, 6) is 0.893. The van der Waals surface area contributed by atoms with Crippen molar-refractivity contribution in [2.45, 2.75) is 88.6 Å². The van der Waals surface area contributed by atoms with Gasteiger partial charge >= 0.3 is 11.9 Å². The molecule has 6 aliphatic rings. The van der Waals surface area contributed by atoms with Crippen molar-refractivity contribution < 1.29 is 23.8 Å². The van der Waals surface area contributed by atoms with Crippen LogP contribution in [0.5, 0.6) is 0 Å². The molecule has 5 heteroatoms. The van der Waals surface area contributed by atoms with Crippen molar-refractivity contribution in [1.82, 2.24) is 0 Å². The van der Waals surface area contributed by atoms with E-state index in [0.717, 1.165) is 38.5 Å². The molecule has 0 radical (unpaired) electrons. The SMILES string of the molecule is C=C(C)C(=O)OC12CC3CC(C1)CC(OC(=O)C1CC4CC1C(C)O4)(C3)C2. The number of fused-ring (bicyclic) bond motifs is 2. The van der Waals surface area contributed by atoms with Gasteiger partial charge < -0.3 is 14.2 Å². The number of carbonyl (C=O) groups is 2. The average molecular weight is 374 g/mol. The van der Waals surface area contributed by atoms with E-state index < -0.39 is 11.2 Å². The molecule has 6 rings (SSSR count). The Morgan fingerprint density at radius 3 is 2.19 bits per heavy atom. The first-order valence-corrected chi connectivity index (χ1v) is 10.5. The van der Waals surface area contributed by atoms with Gasteiger partial charge in [0.2, 0.25) is 0 Å². The van der Waals surface area contributed by atoms with Crippen LogP contribution in [0.3, 0.4) is 0 Å². The van der Waals surface area contributed by atoms with Gasteiger partial charge in [-0.1, -0.05) is 6.58 Å². The van der Waals surface area contributed by atoms with Gasteiger partial charge in [-0.05, 0) is 70.6 Å². The van der Waals surface area contributed by atoms with E-state index in [1.54, 1.807) is 6.92 Å². The van der Waals surface area contributed by atoms with Gasteiger partial charge in [0, 0.05) is 17.9 Å². The predicted octanol–water partition coefficient (Wildman–Crippen LogP) is 3.55. The van der Waals surface area contributed by atoms with Crippen molar-refractivity contribution in [3.05, 3.63) is 12.2 Å². The summed E-state index contributed by atoms with van der Waals surface area (Å²) in [6.45, 7) is 7.49. The fourth-order valence-electron chi connectivity index (χ4n) is 7.24. The van der Waals surface area contributed by atoms with Gasteiger partial charge in [0.05, 0.1) is 18.1 Å². The fourth-order valence-corrected chi connectivity index (χ4v) is 7.24. The summed E-state index contributed by atoms with van der Waals surface area (Å²) in [5.41, 5.74) is -0.471. The lowest BCUT2D eigenvalue weighted by atomic mass is 9.52. The fraction of sp³-hybridized carbons (Fsp3) is 0.818. The third-order valence-electron chi connectivity index (χ3n) is 7.81. The topological polar surface area (TPSA) is 61.8 Å². The Bertz CT molecular complexity index is 683. The first kappa shape index (κ1) is 17.7. The van der Waals surface area contributed by atoms with Gasteiger partial charge in [0.25, 0.3) is 0 Å². The summed E-state index contributed by atoms with van der Waals surface area (Å²) in [6.07, 6.45) is 7.65. The third kappa shape index (κ3) is 2.84. The molecule has 0 aromatic carbocycles. The van der Waals surface area contributed by atoms with E-state index in [-0.39, 0.29) is 30.1 Å². The lowest BCUT2D eigenvalue weighted by Gasteiger charge is -2.60. The average Bonchev–Trinajstić information content (AvgIpc) is 3.11. The molecule has 6 unspecified atom stereocenters. The van der Waals surface area contributed by atoms with Gasteiger partial charge in [-0.2, -0.15) is 0 Å². The summed E-state index contributed by atoms with van der Waals surface area (Å²) in [6, 6.07) is 0. The van der Waals surface area contributed by atoms with E-state index in [4.69, 9.17) is 14.2 Å². The summed E-state index contributed by atoms with van der Waals surface area (Å²) < 4.78 is 18.1. The van der Waals surface area contributed by atoms with Crippen molar-refractivity contribution >= 4 is 11.9 Å². The standard InChI is InChI=1S/C22H30O5/c1-12(2)19(23)26-21-7-14-4-15(8-21)10-22(9-14,11-21)27-20(24)18-6-16-5-17(18)13(3)25-16/h13-18H,1,4-11H2,2-3H3. The maximum absolute atomic E-state index is 13.1. The van der Waals surface area contributed by atoms with Crippen molar-refractivity contribution in [2.24, 2.45) is 23.7 Å². The summed E-state index contributed by atoms with van der Waals surface area (Å²) in [5, 5.41) is 0. The molecule has 0 aromatic rings. The quantitative estimate of drug-likeness (QED) is 0.556. The van der Waals surface area contributed by atoms with Gasteiger partial charge in [0.1, 0.15) is 11.2 Å². The monoisotopic (exact) mass is 374 g/mol. The number of hydrogen-bond acceptors (Lipinski definition) is 5. The van der Waals surface area contributed by atoms with Gasteiger partial charge in [0.15, 0.2) is 0 Å². The second-order valence-electron chi connectivity index (χ2n) is 10.1. The highest BCUT2D eigenvalue weighted by Gasteiger charge is 2.62. The Balaban J connectivity index is 1.34. The molecule has 5 saturated carbocycles. The molecule has 0 aromatic heterocycles. The molecule has 6 bridgehead atoms. The number of hydrogen-bond donors (Lipinski definition) is 0. The lowest BCUT2D eigenvalue weighted by Crippen LogP contribution is -2.62. The lowest BCUT2D eigenvalue weighted by molar-refractivity contribution is -0.233. The van der Waals surface area contributed by atoms with Gasteiger partial charge in [-0.3, -0.25) is 4.79 Å². The molecule has 0 spiro atoms. The van der Waals surface area contributed by atoms with Crippen molar-refractivity contribution in [2.75, 3.05) is 0 Å². The third-order valence-corrected chi connectivity index (χ3v) is 7.81. The second kappa shape index (κ2) is 5.82. The molecule has 5 nitrogen and oxygen atoms in total. The van der Waals surface area contributed by atoms with Crippen LogP contribution in [0.1, 0.15) is 65.2 Å². The Morgan fingerprint density at radius 1 is 1.00 bits per heavy atom. The van der Waals surface area contributed by atoms with Gasteiger partial charge in [-0.25, -0.2) is 4.79 Å². The highest BCUT2D eigenvalue weighted by Crippen LogP contribution is 2.60. The van der Waals surface area contributed by atoms with Gasteiger partial charge in [-0.15, -0.1) is 0 Å². The molecule has 1 aliphatic heterocycles. The number of ether oxygens (including phenoxy) is 3. The van der Waals surface area contributed by atoms with Crippen LogP contribution in [0.4, 0.5) is 0 Å². The highest BCUT2D eigenvalue weighted by atomic mass is 16.6. The van der Waals surface area contributed by atoms with Crippen LogP contribution in [0.15, 0.2) is 12.2 Å². The molecular formula is C22H30O5. The Hall–Kier alpha value is -1.36. The smallest absolute Gasteiger partial charge is 0.333 e. The largest absolute Gasteiger partial charge is 0.459 e. The molecule has 0 amide bonds. The molecule has 6 atom stereocenters. The van der Waals surface area contributed by atoms with Crippen LogP contribution in [0.2, 0.25) is 0 Å². The number of carbonyl (C=O) groups excluding carboxylic acids is 2. The molecule has 5 aliphatic carbocycles. The summed E-state index contributed by atoms with van der Waals surface area (Å²) in [4.78, 5) is 25.3. The van der Waals surface area contributed by atoms with Crippen molar-refractivity contribution in [3.63, 3.8) is 0 Å². The van der Waals surface area contributed by atoms with E-state index in [0.29, 0.717) is 29.7 Å². The van der Waals surface area contributed by atoms with Crippen LogP contribution in [-0.4, -0.2) is 35.3 Å². The molecule has 1 saturated heterocycles. The maximum Gasteiger partial charge on any atom is 0.333 e. The van der Waals surface area contributed by atoms with Crippen LogP contribution in [0.25, 0.3) is 0 Å². The van der Waals surface area contributed by atoms with Crippen molar-refractivity contribution in [3.8, 4) is 0 Å². The Morgan fingerprint density at radius 2 is 1.63 bits per heavy atom. The minimum absolute atomic E-state index is 0.0272. The zero-order valence-electron chi connectivity index (χ0n) is 16.4. The van der Waals surface area contributed by atoms with E-state index in [9.17, 15) is 9.59 Å². The molecule has 1 heterocycles. The zero-order valence-corrected chi connectivity index (χ0v) is 16.4. The first-order chi connectivity index (χ1) is 12.8. The minimum Gasteiger partial charge on any atom is -0.459 e. The van der Waals surface area contributed by atoms with Crippen LogP contribution >= 0.6 is 0 Å². The maximum atomic E-state index is 13.1. The predicted molar refractivity (Wildman–Crippen MR) is 97.7 cm³/mol. The minimum atomic E-state index is -0.467. The summed E-state index contributed by atoms with van der Waals surface area (Å²) in [7, 11) is 0. The summed E-state index contributed by atoms with van der Waals surface area (Å²) >= 11 is 0. The molecule has 6 fully saturated rings. The number of esters is 2. The van der Waals surface area contributed by atoms with Crippen LogP contribution in [0, 0.1) is 23.7 Å². The molecular weight excluding hydrogens is 344 g/mol. The Labute approximate surface area is 160 Å². The van der Waals surface area contributed by atoms with E-state index in [1.807, 2.05) is 0 Å². The van der Waals surface area contributed by atoms with Crippen LogP contribution in [-0.2, 0) is 23.8 Å². The molecule has 148 valence electrons. The van der Waals surface area contributed by atoms with E-state index in [1.165, 1.54) is 6.42 Å². The molecule has 0 N–H and O–H groups in total. The van der Waals surface area contributed by atoms with Crippen molar-refractivity contribution in [1.29, 1.82) is 0 Å². The van der Waals surface area contributed by atoms with Crippen LogP contribution < -0.4 is 0 Å². The first-order valence-electron chi connectivity index (χ1n) is 10.5. The van der Waals surface area contributed by atoms with E-state index in [2.05, 4.69) is 13.5 Å². The Kier molecular flexibility index (Phi) is 3.82. The second-order valence-corrected chi connectivity index (χ2v) is 10.1. The number of rotatable bonds is 4.